The molecule has 0 amide bonds. The molecule has 2 nitrogen and oxygen atoms in total. The Bertz CT molecular complexity index is 744. The quantitative estimate of drug-likeness (QED) is 0.491. The summed E-state index contributed by atoms with van der Waals surface area (Å²) in [5.41, 5.74) is 5.66. The first-order chi connectivity index (χ1) is 11.0. The zero-order valence-corrected chi connectivity index (χ0v) is 17.1. The van der Waals surface area contributed by atoms with E-state index in [2.05, 4.69) is 89.6 Å². The zero-order valence-electron chi connectivity index (χ0n) is 16.3. The van der Waals surface area contributed by atoms with E-state index in [1.807, 2.05) is 0 Å². The molecule has 2 atom stereocenters. The van der Waals surface area contributed by atoms with Crippen molar-refractivity contribution in [3.63, 3.8) is 0 Å². The van der Waals surface area contributed by atoms with Gasteiger partial charge in [-0.3, -0.25) is 0 Å². The van der Waals surface area contributed by atoms with Gasteiger partial charge in [0.05, 0.1) is 5.54 Å². The van der Waals surface area contributed by atoms with Crippen LogP contribution in [0.3, 0.4) is 0 Å². The second kappa shape index (κ2) is 5.14. The SMILES string of the molecule is C=NSC1=C(C)[C@H](C)N2c3c(C)cccc3C(C)(C)C(C)(C)C12C. The maximum absolute atomic E-state index is 4.21. The number of benzene rings is 1. The van der Waals surface area contributed by atoms with Crippen molar-refractivity contribution >= 4 is 24.4 Å². The normalized spacial score (nSPS) is 30.2. The highest BCUT2D eigenvalue weighted by Gasteiger charge is 2.64. The molecule has 24 heavy (non-hydrogen) atoms. The van der Waals surface area contributed by atoms with Crippen molar-refractivity contribution in [3.8, 4) is 0 Å². The molecule has 0 fully saturated rings. The van der Waals surface area contributed by atoms with Crippen molar-refractivity contribution < 1.29 is 0 Å². The van der Waals surface area contributed by atoms with Gasteiger partial charge >= 0.3 is 0 Å². The van der Waals surface area contributed by atoms with Gasteiger partial charge in [-0.2, -0.15) is 0 Å². The van der Waals surface area contributed by atoms with Crippen LogP contribution in [-0.4, -0.2) is 18.3 Å². The summed E-state index contributed by atoms with van der Waals surface area (Å²) in [5, 5.41) is 0. The van der Waals surface area contributed by atoms with E-state index in [4.69, 9.17) is 0 Å². The highest BCUT2D eigenvalue weighted by atomic mass is 32.2. The van der Waals surface area contributed by atoms with Gasteiger partial charge in [0, 0.05) is 34.0 Å². The highest BCUT2D eigenvalue weighted by molar-refractivity contribution is 8.02. The summed E-state index contributed by atoms with van der Waals surface area (Å²) in [7, 11) is 0. The van der Waals surface area contributed by atoms with Gasteiger partial charge in [-0.1, -0.05) is 45.9 Å². The van der Waals surface area contributed by atoms with Crippen LogP contribution < -0.4 is 4.90 Å². The van der Waals surface area contributed by atoms with E-state index in [-0.39, 0.29) is 16.4 Å². The highest BCUT2D eigenvalue weighted by Crippen LogP contribution is 2.65. The second-order valence-corrected chi connectivity index (χ2v) is 9.42. The first-order valence-corrected chi connectivity index (χ1v) is 9.54. The zero-order chi connectivity index (χ0) is 18.1. The molecule has 1 aromatic rings. The first-order valence-electron chi connectivity index (χ1n) is 8.77. The van der Waals surface area contributed by atoms with Crippen molar-refractivity contribution in [2.75, 3.05) is 4.90 Å². The summed E-state index contributed by atoms with van der Waals surface area (Å²) in [6.07, 6.45) is 0. The molecule has 0 spiro atoms. The maximum atomic E-state index is 4.21. The van der Waals surface area contributed by atoms with Gasteiger partial charge in [0.1, 0.15) is 0 Å². The summed E-state index contributed by atoms with van der Waals surface area (Å²) in [4.78, 5) is 4.03. The van der Waals surface area contributed by atoms with Gasteiger partial charge < -0.3 is 4.90 Å². The Morgan fingerprint density at radius 1 is 1.12 bits per heavy atom. The van der Waals surface area contributed by atoms with Gasteiger partial charge in [0.15, 0.2) is 0 Å². The molecule has 0 radical (unpaired) electrons. The number of fused-ring (bicyclic) bond motifs is 3. The Kier molecular flexibility index (Phi) is 3.77. The minimum Gasteiger partial charge on any atom is -0.354 e. The largest absolute Gasteiger partial charge is 0.354 e. The van der Waals surface area contributed by atoms with Crippen LogP contribution in [0, 0.1) is 12.3 Å². The fourth-order valence-corrected chi connectivity index (χ4v) is 5.89. The van der Waals surface area contributed by atoms with Crippen LogP contribution in [0.15, 0.2) is 33.1 Å². The van der Waals surface area contributed by atoms with Crippen LogP contribution in [0.4, 0.5) is 5.69 Å². The van der Waals surface area contributed by atoms with E-state index in [9.17, 15) is 0 Å². The average Bonchev–Trinajstić information content (AvgIpc) is 2.69. The van der Waals surface area contributed by atoms with E-state index in [1.54, 1.807) is 11.9 Å². The van der Waals surface area contributed by atoms with Crippen molar-refractivity contribution in [3.05, 3.63) is 39.8 Å². The van der Waals surface area contributed by atoms with E-state index in [1.165, 1.54) is 27.3 Å². The third-order valence-corrected chi connectivity index (χ3v) is 8.41. The Morgan fingerprint density at radius 3 is 2.33 bits per heavy atom. The van der Waals surface area contributed by atoms with Crippen LogP contribution in [0.5, 0.6) is 0 Å². The third-order valence-electron chi connectivity index (χ3n) is 7.38. The molecule has 1 aromatic carbocycles. The number of para-hydroxylation sites is 1. The van der Waals surface area contributed by atoms with E-state index in [0.717, 1.165) is 0 Å². The van der Waals surface area contributed by atoms with E-state index in [0.29, 0.717) is 6.04 Å². The molecule has 0 aliphatic carbocycles. The molecule has 2 aliphatic rings. The predicted octanol–water partition coefficient (Wildman–Crippen LogP) is 5.90. The molecule has 3 heteroatoms. The fourth-order valence-electron chi connectivity index (χ4n) is 4.92. The molecule has 1 unspecified atom stereocenters. The molecule has 3 rings (SSSR count). The molecule has 2 heterocycles. The summed E-state index contributed by atoms with van der Waals surface area (Å²) in [6, 6.07) is 7.14. The van der Waals surface area contributed by atoms with Gasteiger partial charge in [-0.05, 0) is 56.5 Å². The Balaban J connectivity index is 2.42. The van der Waals surface area contributed by atoms with Gasteiger partial charge in [-0.15, -0.1) is 0 Å². The van der Waals surface area contributed by atoms with Gasteiger partial charge in [-0.25, -0.2) is 4.40 Å². The number of hydrogen-bond donors (Lipinski definition) is 0. The summed E-state index contributed by atoms with van der Waals surface area (Å²) >= 11 is 1.57. The third kappa shape index (κ3) is 1.77. The smallest absolute Gasteiger partial charge is 0.0768 e. The van der Waals surface area contributed by atoms with Crippen LogP contribution in [0.2, 0.25) is 0 Å². The maximum Gasteiger partial charge on any atom is 0.0768 e. The van der Waals surface area contributed by atoms with Crippen LogP contribution >= 0.6 is 11.9 Å². The molecule has 0 N–H and O–H groups in total. The minimum absolute atomic E-state index is 0.0415. The van der Waals surface area contributed by atoms with E-state index < -0.39 is 0 Å². The molecular weight excluding hydrogens is 312 g/mol. The predicted molar refractivity (Wildman–Crippen MR) is 108 cm³/mol. The van der Waals surface area contributed by atoms with Crippen LogP contribution in [0.1, 0.15) is 59.6 Å². The Hall–Kier alpha value is -1.22. The number of nitrogens with zero attached hydrogens (tertiary/aromatic N) is 2. The number of hydrogen-bond acceptors (Lipinski definition) is 3. The van der Waals surface area contributed by atoms with Crippen molar-refractivity contribution in [2.45, 2.75) is 72.4 Å². The van der Waals surface area contributed by atoms with Crippen molar-refractivity contribution in [1.29, 1.82) is 0 Å². The lowest BCUT2D eigenvalue weighted by molar-refractivity contribution is 0.0962. The van der Waals surface area contributed by atoms with Gasteiger partial charge in [0.25, 0.3) is 0 Å². The lowest BCUT2D eigenvalue weighted by atomic mass is 9.52. The molecule has 0 bridgehead atoms. The van der Waals surface area contributed by atoms with Crippen molar-refractivity contribution in [2.24, 2.45) is 9.81 Å². The first kappa shape index (κ1) is 17.6. The second-order valence-electron chi connectivity index (χ2n) is 8.57. The number of rotatable bonds is 2. The monoisotopic (exact) mass is 342 g/mol. The fraction of sp³-hybridized carbons (Fsp3) is 0.571. The Labute approximate surface area is 151 Å². The lowest BCUT2D eigenvalue weighted by Gasteiger charge is -2.62. The molecular formula is C21H30N2S. The molecule has 2 aliphatic heterocycles. The molecule has 130 valence electrons. The summed E-state index contributed by atoms with van der Waals surface area (Å²) < 4.78 is 4.21. The van der Waals surface area contributed by atoms with E-state index >= 15 is 0 Å². The molecule has 0 saturated heterocycles. The summed E-state index contributed by atoms with van der Waals surface area (Å²) in [5.74, 6) is 0. The topological polar surface area (TPSA) is 15.6 Å². The van der Waals surface area contributed by atoms with Gasteiger partial charge in [0.2, 0.25) is 0 Å². The Morgan fingerprint density at radius 2 is 1.75 bits per heavy atom. The number of aryl methyl sites for hydroxylation is 1. The van der Waals surface area contributed by atoms with Crippen LogP contribution in [0.25, 0.3) is 0 Å². The standard InChI is InChI=1S/C21H30N2S/c1-13-11-10-12-16-17(13)23-15(3)14(2)18(24-22-9)21(23,8)20(6,7)19(16,4)5/h10-12,15H,9H2,1-8H3/t15-,21?/m0/s1. The average molecular weight is 343 g/mol. The lowest BCUT2D eigenvalue weighted by Crippen LogP contribution is -2.66. The number of anilines is 1. The molecule has 0 aromatic heterocycles. The summed E-state index contributed by atoms with van der Waals surface area (Å²) in [6.45, 7) is 22.6. The van der Waals surface area contributed by atoms with Crippen molar-refractivity contribution in [1.82, 2.24) is 0 Å². The van der Waals surface area contributed by atoms with Crippen LogP contribution in [-0.2, 0) is 5.41 Å². The minimum atomic E-state index is -0.0923. The molecule has 0 saturated carbocycles.